The van der Waals surface area contributed by atoms with Crippen LogP contribution in [0.3, 0.4) is 0 Å². The van der Waals surface area contributed by atoms with E-state index in [9.17, 15) is 20.1 Å². The summed E-state index contributed by atoms with van der Waals surface area (Å²) in [5, 5.41) is 33.6. The van der Waals surface area contributed by atoms with E-state index in [-0.39, 0.29) is 39.9 Å². The van der Waals surface area contributed by atoms with Crippen molar-refractivity contribution in [2.24, 2.45) is 62.6 Å². The Morgan fingerprint density at radius 2 is 1.50 bits per heavy atom. The predicted molar refractivity (Wildman–Crippen MR) is 134 cm³/mol. The topological polar surface area (TPSA) is 77.8 Å². The predicted octanol–water partition coefficient (Wildman–Crippen LogP) is 6.27. The zero-order chi connectivity index (χ0) is 25.1. The lowest BCUT2D eigenvalue weighted by molar-refractivity contribution is -0.338. The lowest BCUT2D eigenvalue weighted by Crippen LogP contribution is -2.71. The lowest BCUT2D eigenvalue weighted by atomic mass is 9.32. The summed E-state index contributed by atoms with van der Waals surface area (Å²) < 4.78 is 0. The largest absolute Gasteiger partial charge is 0.481 e. The number of aliphatic carboxylic acids is 1. The summed E-state index contributed by atoms with van der Waals surface area (Å²) in [4.78, 5) is 12.8. The zero-order valence-electron chi connectivity index (χ0n) is 22.5. The van der Waals surface area contributed by atoms with Gasteiger partial charge >= 0.3 is 5.97 Å². The maximum absolute atomic E-state index is 12.8. The second-order valence-corrected chi connectivity index (χ2v) is 14.8. The molecule has 3 N–H and O–H groups in total. The molecule has 4 nitrogen and oxygen atoms in total. The monoisotopic (exact) mass is 472 g/mol. The quantitative estimate of drug-likeness (QED) is 0.311. The van der Waals surface area contributed by atoms with Gasteiger partial charge in [-0.3, -0.25) is 4.79 Å². The van der Waals surface area contributed by atoms with Crippen LogP contribution in [-0.4, -0.2) is 27.1 Å². The molecular formula is C30H48O4. The first-order chi connectivity index (χ1) is 15.6. The Morgan fingerprint density at radius 3 is 2.15 bits per heavy atom. The molecule has 4 saturated carbocycles. The van der Waals surface area contributed by atoms with Gasteiger partial charge in [0.2, 0.25) is 0 Å². The molecule has 5 aliphatic carbocycles. The van der Waals surface area contributed by atoms with Crippen LogP contribution in [0, 0.1) is 62.6 Å². The number of hydrogen-bond acceptors (Lipinski definition) is 3. The van der Waals surface area contributed by atoms with Gasteiger partial charge in [-0.15, -0.1) is 0 Å². The van der Waals surface area contributed by atoms with Gasteiger partial charge in [-0.05, 0) is 96.7 Å². The second kappa shape index (κ2) is 7.12. The van der Waals surface area contributed by atoms with Crippen molar-refractivity contribution in [2.75, 3.05) is 0 Å². The highest BCUT2D eigenvalue weighted by molar-refractivity contribution is 5.76. The summed E-state index contributed by atoms with van der Waals surface area (Å²) >= 11 is 0. The molecule has 0 heterocycles. The van der Waals surface area contributed by atoms with Crippen molar-refractivity contribution in [3.8, 4) is 0 Å². The van der Waals surface area contributed by atoms with E-state index in [1.54, 1.807) is 0 Å². The van der Waals surface area contributed by atoms with Gasteiger partial charge in [-0.1, -0.05) is 60.6 Å². The number of rotatable bonds is 1. The van der Waals surface area contributed by atoms with E-state index >= 15 is 0 Å². The molecule has 0 unspecified atom stereocenters. The first kappa shape index (κ1) is 24.8. The highest BCUT2D eigenvalue weighted by Gasteiger charge is 2.73. The van der Waals surface area contributed by atoms with Crippen LogP contribution in [0.2, 0.25) is 0 Å². The maximum Gasteiger partial charge on any atom is 0.309 e. The van der Waals surface area contributed by atoms with Crippen LogP contribution in [0.25, 0.3) is 0 Å². The van der Waals surface area contributed by atoms with Crippen LogP contribution in [0.4, 0.5) is 0 Å². The molecule has 0 spiro atoms. The molecular weight excluding hydrogens is 424 g/mol. The van der Waals surface area contributed by atoms with E-state index < -0.39 is 22.6 Å². The van der Waals surface area contributed by atoms with E-state index in [0.717, 1.165) is 44.9 Å². The van der Waals surface area contributed by atoms with E-state index in [4.69, 9.17) is 0 Å². The van der Waals surface area contributed by atoms with Crippen LogP contribution >= 0.6 is 0 Å². The van der Waals surface area contributed by atoms with E-state index in [0.29, 0.717) is 18.3 Å². The molecule has 5 aliphatic rings. The summed E-state index contributed by atoms with van der Waals surface area (Å²) in [5.74, 6) is -0.677. The van der Waals surface area contributed by atoms with Crippen LogP contribution in [0.15, 0.2) is 12.2 Å². The number of aliphatic hydroxyl groups is 2. The van der Waals surface area contributed by atoms with Crippen LogP contribution in [0.1, 0.15) is 99.8 Å². The van der Waals surface area contributed by atoms with Crippen LogP contribution < -0.4 is 0 Å². The average Bonchev–Trinajstić information content (AvgIpc) is 2.74. The van der Waals surface area contributed by atoms with E-state index in [2.05, 4.69) is 60.6 Å². The highest BCUT2D eigenvalue weighted by Crippen LogP contribution is 2.76. The standard InChI is InChI=1S/C30H48O4/c1-18-10-13-29(24(31)32)16-15-26(5)20(23(29)19(18)2)8-9-22-27(26,6)12-11-21-25(3,4)14-17-30(33,34)28(21,22)7/h8-9,18-23,33-34H,10-17H2,1-7H3,(H,31,32)/t18-,19+,20-,21+,22+,23+,26-,27-,28+,29+/m1/s1. The number of fused-ring (bicyclic) bond motifs is 7. The molecule has 10 atom stereocenters. The zero-order valence-corrected chi connectivity index (χ0v) is 22.5. The third-order valence-electron chi connectivity index (χ3n) is 13.5. The Bertz CT molecular complexity index is 905. The van der Waals surface area contributed by atoms with Crippen molar-refractivity contribution in [2.45, 2.75) is 106 Å². The summed E-state index contributed by atoms with van der Waals surface area (Å²) in [6.07, 6.45) is 11.5. The van der Waals surface area contributed by atoms with Crippen molar-refractivity contribution < 1.29 is 20.1 Å². The first-order valence-corrected chi connectivity index (χ1v) is 13.9. The molecule has 4 heteroatoms. The van der Waals surface area contributed by atoms with Gasteiger partial charge in [0, 0.05) is 11.8 Å². The molecule has 4 fully saturated rings. The Morgan fingerprint density at radius 1 is 0.824 bits per heavy atom. The minimum absolute atomic E-state index is 0.0486. The summed E-state index contributed by atoms with van der Waals surface area (Å²) in [5.41, 5.74) is -1.29. The molecule has 0 radical (unpaired) electrons. The normalized spacial score (nSPS) is 55.3. The molecule has 34 heavy (non-hydrogen) atoms. The van der Waals surface area contributed by atoms with Gasteiger partial charge in [-0.25, -0.2) is 0 Å². The van der Waals surface area contributed by atoms with Gasteiger partial charge < -0.3 is 15.3 Å². The van der Waals surface area contributed by atoms with E-state index in [1.165, 1.54) is 0 Å². The fraction of sp³-hybridized carbons (Fsp3) is 0.900. The fourth-order valence-corrected chi connectivity index (χ4v) is 10.9. The molecule has 0 aromatic rings. The van der Waals surface area contributed by atoms with Gasteiger partial charge in [-0.2, -0.15) is 0 Å². The molecule has 0 saturated heterocycles. The Balaban J connectivity index is 1.66. The van der Waals surface area contributed by atoms with Crippen molar-refractivity contribution in [3.63, 3.8) is 0 Å². The lowest BCUT2D eigenvalue weighted by Gasteiger charge is -2.73. The number of carboxylic acid groups (broad SMARTS) is 1. The number of hydrogen-bond donors (Lipinski definition) is 3. The highest BCUT2D eigenvalue weighted by atomic mass is 16.5. The van der Waals surface area contributed by atoms with Crippen molar-refractivity contribution in [1.82, 2.24) is 0 Å². The Kier molecular flexibility index (Phi) is 5.20. The summed E-state index contributed by atoms with van der Waals surface area (Å²) in [7, 11) is 0. The number of carboxylic acids is 1. The van der Waals surface area contributed by atoms with Crippen molar-refractivity contribution >= 4 is 5.97 Å². The SMILES string of the molecule is C[C@@H]1[C@H]2[C@H]3C=C[C@@H]4[C@]5(C)[C@@H](CC[C@@]4(C)[C@]3(C)CC[C@@]2(C(=O)O)CC[C@H]1C)C(C)(C)CCC5(O)O. The molecule has 0 amide bonds. The summed E-state index contributed by atoms with van der Waals surface area (Å²) in [6.45, 7) is 16.2. The molecule has 0 bridgehead atoms. The van der Waals surface area contributed by atoms with Crippen molar-refractivity contribution in [3.05, 3.63) is 12.2 Å². The molecule has 0 aliphatic heterocycles. The molecule has 5 rings (SSSR count). The van der Waals surface area contributed by atoms with Gasteiger partial charge in [0.25, 0.3) is 0 Å². The molecule has 192 valence electrons. The third kappa shape index (κ3) is 2.71. The van der Waals surface area contributed by atoms with Gasteiger partial charge in [0.1, 0.15) is 0 Å². The molecule has 0 aromatic carbocycles. The third-order valence-corrected chi connectivity index (χ3v) is 13.5. The Labute approximate surface area is 206 Å². The van der Waals surface area contributed by atoms with Gasteiger partial charge in [0.05, 0.1) is 5.41 Å². The number of carbonyl (C=O) groups is 1. The van der Waals surface area contributed by atoms with Crippen molar-refractivity contribution in [1.29, 1.82) is 0 Å². The minimum atomic E-state index is -1.68. The fourth-order valence-electron chi connectivity index (χ4n) is 10.9. The molecule has 0 aromatic heterocycles. The minimum Gasteiger partial charge on any atom is -0.481 e. The Hall–Kier alpha value is -0.870. The van der Waals surface area contributed by atoms with E-state index in [1.807, 2.05) is 0 Å². The second-order valence-electron chi connectivity index (χ2n) is 14.8. The maximum atomic E-state index is 12.8. The smallest absolute Gasteiger partial charge is 0.309 e. The van der Waals surface area contributed by atoms with Crippen LogP contribution in [-0.2, 0) is 4.79 Å². The van der Waals surface area contributed by atoms with Gasteiger partial charge in [0.15, 0.2) is 5.79 Å². The number of allylic oxidation sites excluding steroid dienone is 2. The first-order valence-electron chi connectivity index (χ1n) is 13.9. The average molecular weight is 473 g/mol. The summed E-state index contributed by atoms with van der Waals surface area (Å²) in [6, 6.07) is 0. The van der Waals surface area contributed by atoms with Crippen LogP contribution in [0.5, 0.6) is 0 Å².